The van der Waals surface area contributed by atoms with Gasteiger partial charge in [-0.15, -0.1) is 0 Å². The van der Waals surface area contributed by atoms with E-state index in [9.17, 15) is 0 Å². The van der Waals surface area contributed by atoms with Gasteiger partial charge in [0.05, 0.1) is 0 Å². The smallest absolute Gasteiger partial charge is 0.0358 e. The van der Waals surface area contributed by atoms with Gasteiger partial charge in [-0.3, -0.25) is 4.90 Å². The first-order valence-corrected chi connectivity index (χ1v) is 8.45. The standard InChI is InChI=1S/C16H33N3/c1-3-11-18-12-9-16(14-17,10-13-18)19(4-2)15-7-5-6-8-15/h15H,3-14,17H2,1-2H3. The van der Waals surface area contributed by atoms with Crippen LogP contribution in [0.15, 0.2) is 0 Å². The Hall–Kier alpha value is -0.120. The number of hydrogen-bond acceptors (Lipinski definition) is 3. The van der Waals surface area contributed by atoms with Gasteiger partial charge in [0, 0.05) is 18.1 Å². The van der Waals surface area contributed by atoms with E-state index >= 15 is 0 Å². The predicted molar refractivity (Wildman–Crippen MR) is 82.4 cm³/mol. The van der Waals surface area contributed by atoms with Gasteiger partial charge >= 0.3 is 0 Å². The van der Waals surface area contributed by atoms with Crippen LogP contribution in [0.4, 0.5) is 0 Å². The third-order valence-electron chi connectivity index (χ3n) is 5.42. The van der Waals surface area contributed by atoms with Crippen LogP contribution in [0.5, 0.6) is 0 Å². The summed E-state index contributed by atoms with van der Waals surface area (Å²) in [4.78, 5) is 5.40. The molecule has 3 nitrogen and oxygen atoms in total. The van der Waals surface area contributed by atoms with Crippen molar-refractivity contribution in [1.29, 1.82) is 0 Å². The van der Waals surface area contributed by atoms with Crippen molar-refractivity contribution in [2.24, 2.45) is 5.73 Å². The maximum absolute atomic E-state index is 6.24. The van der Waals surface area contributed by atoms with E-state index in [-0.39, 0.29) is 0 Å². The molecule has 0 aromatic heterocycles. The Bertz CT molecular complexity index is 253. The summed E-state index contributed by atoms with van der Waals surface area (Å²) >= 11 is 0. The fraction of sp³-hybridized carbons (Fsp3) is 1.00. The van der Waals surface area contributed by atoms with E-state index in [4.69, 9.17) is 5.73 Å². The minimum Gasteiger partial charge on any atom is -0.329 e. The molecule has 0 aromatic rings. The van der Waals surface area contributed by atoms with Crippen LogP contribution in [0.3, 0.4) is 0 Å². The summed E-state index contributed by atoms with van der Waals surface area (Å²) in [6.07, 6.45) is 9.45. The Kier molecular flexibility index (Phi) is 5.67. The van der Waals surface area contributed by atoms with Gasteiger partial charge in [-0.2, -0.15) is 0 Å². The average molecular weight is 267 g/mol. The third kappa shape index (κ3) is 3.32. The lowest BCUT2D eigenvalue weighted by Gasteiger charge is -2.50. The van der Waals surface area contributed by atoms with Gasteiger partial charge in [-0.1, -0.05) is 26.7 Å². The minimum atomic E-state index is 0.300. The lowest BCUT2D eigenvalue weighted by molar-refractivity contribution is 0.00168. The van der Waals surface area contributed by atoms with Crippen molar-refractivity contribution < 1.29 is 0 Å². The molecule has 3 heteroatoms. The van der Waals surface area contributed by atoms with Gasteiger partial charge in [0.25, 0.3) is 0 Å². The van der Waals surface area contributed by atoms with Crippen LogP contribution in [-0.2, 0) is 0 Å². The molecular weight excluding hydrogens is 234 g/mol. The molecule has 2 N–H and O–H groups in total. The number of rotatable bonds is 6. The van der Waals surface area contributed by atoms with Crippen LogP contribution in [0.2, 0.25) is 0 Å². The molecule has 112 valence electrons. The molecule has 0 aromatic carbocycles. The van der Waals surface area contributed by atoms with Crippen molar-refractivity contribution >= 4 is 0 Å². The van der Waals surface area contributed by atoms with Gasteiger partial charge in [0.15, 0.2) is 0 Å². The minimum absolute atomic E-state index is 0.300. The first-order valence-electron chi connectivity index (χ1n) is 8.45. The second kappa shape index (κ2) is 7.05. The maximum Gasteiger partial charge on any atom is 0.0358 e. The number of hydrogen-bond donors (Lipinski definition) is 1. The predicted octanol–water partition coefficient (Wildman–Crippen LogP) is 2.45. The zero-order chi connectivity index (χ0) is 13.7. The molecule has 1 aliphatic heterocycles. The second-order valence-corrected chi connectivity index (χ2v) is 6.49. The van der Waals surface area contributed by atoms with E-state index in [1.54, 1.807) is 0 Å². The summed E-state index contributed by atoms with van der Waals surface area (Å²) in [5.41, 5.74) is 6.54. The number of piperidine rings is 1. The van der Waals surface area contributed by atoms with Crippen molar-refractivity contribution in [2.45, 2.75) is 70.4 Å². The molecule has 1 saturated heterocycles. The van der Waals surface area contributed by atoms with Crippen LogP contribution in [0, 0.1) is 0 Å². The second-order valence-electron chi connectivity index (χ2n) is 6.49. The SMILES string of the molecule is CCCN1CCC(CN)(N(CC)C2CCCC2)CC1. The van der Waals surface area contributed by atoms with Gasteiger partial charge in [-0.25, -0.2) is 0 Å². The fourth-order valence-corrected chi connectivity index (χ4v) is 4.31. The lowest BCUT2D eigenvalue weighted by Crippen LogP contribution is -2.61. The molecule has 19 heavy (non-hydrogen) atoms. The number of nitrogens with zero attached hydrogens (tertiary/aromatic N) is 2. The lowest BCUT2D eigenvalue weighted by atomic mass is 9.84. The van der Waals surface area contributed by atoms with Gasteiger partial charge in [-0.05, 0) is 58.3 Å². The Balaban J connectivity index is 2.00. The Morgan fingerprint density at radius 1 is 1.16 bits per heavy atom. The Morgan fingerprint density at radius 2 is 1.79 bits per heavy atom. The number of likely N-dealkylation sites (N-methyl/N-ethyl adjacent to an activating group) is 1. The van der Waals surface area contributed by atoms with E-state index in [0.717, 1.165) is 12.6 Å². The highest BCUT2D eigenvalue weighted by Gasteiger charge is 2.41. The molecule has 0 spiro atoms. The van der Waals surface area contributed by atoms with Crippen LogP contribution in [-0.4, -0.2) is 54.1 Å². The number of nitrogens with two attached hydrogens (primary N) is 1. The molecule has 0 unspecified atom stereocenters. The molecule has 0 radical (unpaired) electrons. The molecule has 2 aliphatic rings. The van der Waals surface area contributed by atoms with Gasteiger partial charge < -0.3 is 10.6 Å². The van der Waals surface area contributed by atoms with E-state index in [1.807, 2.05) is 0 Å². The van der Waals surface area contributed by atoms with Gasteiger partial charge in [0.2, 0.25) is 0 Å². The summed E-state index contributed by atoms with van der Waals surface area (Å²) in [6.45, 7) is 10.4. The highest BCUT2D eigenvalue weighted by Crippen LogP contribution is 2.35. The highest BCUT2D eigenvalue weighted by molar-refractivity contribution is 4.99. The van der Waals surface area contributed by atoms with E-state index < -0.39 is 0 Å². The molecule has 2 rings (SSSR count). The van der Waals surface area contributed by atoms with Crippen molar-refractivity contribution in [3.05, 3.63) is 0 Å². The van der Waals surface area contributed by atoms with E-state index in [1.165, 1.54) is 71.1 Å². The monoisotopic (exact) mass is 267 g/mol. The van der Waals surface area contributed by atoms with Crippen LogP contribution >= 0.6 is 0 Å². The largest absolute Gasteiger partial charge is 0.329 e. The molecule has 0 bridgehead atoms. The summed E-state index contributed by atoms with van der Waals surface area (Å²) in [5, 5.41) is 0. The first kappa shape index (κ1) is 15.3. The van der Waals surface area contributed by atoms with Crippen molar-refractivity contribution in [1.82, 2.24) is 9.80 Å². The zero-order valence-corrected chi connectivity index (χ0v) is 13.0. The fourth-order valence-electron chi connectivity index (χ4n) is 4.31. The first-order chi connectivity index (χ1) is 9.25. The average Bonchev–Trinajstić information content (AvgIpc) is 2.96. The maximum atomic E-state index is 6.24. The molecule has 1 aliphatic carbocycles. The molecule has 1 heterocycles. The van der Waals surface area contributed by atoms with E-state index in [0.29, 0.717) is 5.54 Å². The quantitative estimate of drug-likeness (QED) is 0.802. The van der Waals surface area contributed by atoms with Crippen molar-refractivity contribution in [2.75, 3.05) is 32.7 Å². The normalized spacial score (nSPS) is 25.3. The summed E-state index contributed by atoms with van der Waals surface area (Å²) in [7, 11) is 0. The molecule has 2 fully saturated rings. The van der Waals surface area contributed by atoms with Crippen molar-refractivity contribution in [3.8, 4) is 0 Å². The summed E-state index contributed by atoms with van der Waals surface area (Å²) < 4.78 is 0. The van der Waals surface area contributed by atoms with Crippen LogP contribution < -0.4 is 5.73 Å². The molecular formula is C16H33N3. The highest BCUT2D eigenvalue weighted by atomic mass is 15.3. The van der Waals surface area contributed by atoms with Crippen LogP contribution in [0.25, 0.3) is 0 Å². The van der Waals surface area contributed by atoms with Crippen molar-refractivity contribution in [3.63, 3.8) is 0 Å². The summed E-state index contributed by atoms with van der Waals surface area (Å²) in [5.74, 6) is 0. The zero-order valence-electron chi connectivity index (χ0n) is 13.0. The Labute approximate surface area is 119 Å². The van der Waals surface area contributed by atoms with Crippen LogP contribution in [0.1, 0.15) is 58.8 Å². The van der Waals surface area contributed by atoms with Gasteiger partial charge in [0.1, 0.15) is 0 Å². The molecule has 1 saturated carbocycles. The Morgan fingerprint density at radius 3 is 2.26 bits per heavy atom. The van der Waals surface area contributed by atoms with E-state index in [2.05, 4.69) is 23.6 Å². The summed E-state index contributed by atoms with van der Waals surface area (Å²) in [6, 6.07) is 0.811. The molecule has 0 amide bonds. The number of likely N-dealkylation sites (tertiary alicyclic amines) is 1. The third-order valence-corrected chi connectivity index (χ3v) is 5.42. The molecule has 0 atom stereocenters. The topological polar surface area (TPSA) is 32.5 Å².